The molecule has 0 saturated heterocycles. The van der Waals surface area contributed by atoms with Gasteiger partial charge in [-0.05, 0) is 39.7 Å². The molecule has 0 amide bonds. The molecule has 23 heavy (non-hydrogen) atoms. The molecule has 1 heterocycles. The number of rotatable bonds is 2. The lowest BCUT2D eigenvalue weighted by molar-refractivity contribution is -0.177. The summed E-state index contributed by atoms with van der Waals surface area (Å²) >= 11 is 0. The molecule has 2 fully saturated rings. The highest BCUT2D eigenvalue weighted by atomic mass is 32.3. The van der Waals surface area contributed by atoms with Gasteiger partial charge in [-0.2, -0.15) is 16.8 Å². The van der Waals surface area contributed by atoms with Gasteiger partial charge in [0, 0.05) is 6.42 Å². The van der Waals surface area contributed by atoms with Crippen molar-refractivity contribution >= 4 is 25.8 Å². The maximum Gasteiger partial charge on any atom is 0.410 e. The molecule has 2 bridgehead atoms. The van der Waals surface area contributed by atoms with Gasteiger partial charge in [0.05, 0.1) is 5.41 Å². The molecule has 0 aromatic heterocycles. The lowest BCUT2D eigenvalue weighted by Crippen LogP contribution is -2.37. The molecule has 2 aliphatic carbocycles. The number of fused-ring (bicyclic) bond motifs is 1. The standard InChI is InChI=1S/C16H20NO4S2/c1-15(2)12-8-9-16(15)11-22(18,19)17(14(16)10-12)23(20,21)13-6-4-3-5-7-13/h3-7,12H,8-11H2,1-2H3/q+1/t12-,16-/m1/s1. The largest absolute Gasteiger partial charge is 0.410 e. The Hall–Kier alpha value is -1.21. The summed E-state index contributed by atoms with van der Waals surface area (Å²) in [6, 6.07) is 7.85. The Kier molecular flexibility index (Phi) is 2.83. The van der Waals surface area contributed by atoms with Gasteiger partial charge in [-0.3, -0.25) is 0 Å². The minimum Gasteiger partial charge on any atom is -0.162 e. The van der Waals surface area contributed by atoms with E-state index in [2.05, 4.69) is 13.8 Å². The second-order valence-corrected chi connectivity index (χ2v) is 11.3. The smallest absolute Gasteiger partial charge is 0.162 e. The molecule has 2 atom stereocenters. The van der Waals surface area contributed by atoms with Gasteiger partial charge in [0.25, 0.3) is 0 Å². The van der Waals surface area contributed by atoms with E-state index in [1.165, 1.54) is 12.1 Å². The molecular formula is C16H20NO4S2+. The minimum absolute atomic E-state index is 0.0358. The van der Waals surface area contributed by atoms with Crippen LogP contribution in [0.15, 0.2) is 35.2 Å². The van der Waals surface area contributed by atoms with E-state index in [0.717, 1.165) is 16.2 Å². The van der Waals surface area contributed by atoms with Gasteiger partial charge in [0.1, 0.15) is 10.6 Å². The highest BCUT2D eigenvalue weighted by molar-refractivity contribution is 7.98. The van der Waals surface area contributed by atoms with E-state index in [1.54, 1.807) is 18.2 Å². The zero-order valence-electron chi connectivity index (χ0n) is 13.2. The van der Waals surface area contributed by atoms with Crippen molar-refractivity contribution in [2.45, 2.75) is 38.0 Å². The normalized spacial score (nSPS) is 33.9. The topological polar surface area (TPSA) is 71.3 Å². The van der Waals surface area contributed by atoms with Crippen LogP contribution >= 0.6 is 0 Å². The molecule has 5 nitrogen and oxygen atoms in total. The first-order valence-corrected chi connectivity index (χ1v) is 10.9. The van der Waals surface area contributed by atoms with Crippen LogP contribution in [-0.4, -0.2) is 31.7 Å². The molecule has 1 aromatic carbocycles. The molecule has 0 unspecified atom stereocenters. The first kappa shape index (κ1) is 15.3. The van der Waals surface area contributed by atoms with Gasteiger partial charge in [-0.1, -0.05) is 32.0 Å². The van der Waals surface area contributed by atoms with Crippen LogP contribution in [0.2, 0.25) is 0 Å². The van der Waals surface area contributed by atoms with Crippen LogP contribution in [-0.2, 0) is 20.0 Å². The molecule has 0 radical (unpaired) electrons. The van der Waals surface area contributed by atoms with Gasteiger partial charge < -0.3 is 0 Å². The van der Waals surface area contributed by atoms with Crippen molar-refractivity contribution in [2.24, 2.45) is 16.7 Å². The third-order valence-corrected chi connectivity index (χ3v) is 10.7. The molecule has 1 aliphatic heterocycles. The molecule has 3 aliphatic rings. The second-order valence-electron chi connectivity index (χ2n) is 7.46. The molecule has 1 aromatic rings. The highest BCUT2D eigenvalue weighted by Gasteiger charge is 2.74. The predicted molar refractivity (Wildman–Crippen MR) is 86.2 cm³/mol. The van der Waals surface area contributed by atoms with Crippen molar-refractivity contribution in [3.05, 3.63) is 30.3 Å². The monoisotopic (exact) mass is 354 g/mol. The summed E-state index contributed by atoms with van der Waals surface area (Å²) in [5, 5.41) is 0. The summed E-state index contributed by atoms with van der Waals surface area (Å²) in [5.74, 6) is 0.284. The number of hydrogen-bond donors (Lipinski definition) is 0. The summed E-state index contributed by atoms with van der Waals surface area (Å²) in [4.78, 5) is 0.0358. The quantitative estimate of drug-likeness (QED) is 0.762. The summed E-state index contributed by atoms with van der Waals surface area (Å²) in [6.45, 7) is 4.18. The molecule has 2 saturated carbocycles. The van der Waals surface area contributed by atoms with Gasteiger partial charge in [-0.25, -0.2) is 0 Å². The average molecular weight is 354 g/mol. The number of benzene rings is 1. The summed E-state index contributed by atoms with van der Waals surface area (Å²) in [7, 11) is -7.93. The molecule has 1 spiro atoms. The fraction of sp³-hybridized carbons (Fsp3) is 0.562. The first-order chi connectivity index (χ1) is 10.6. The van der Waals surface area contributed by atoms with E-state index in [1.807, 2.05) is 0 Å². The Morgan fingerprint density at radius 1 is 1.17 bits per heavy atom. The van der Waals surface area contributed by atoms with E-state index in [-0.39, 0.29) is 16.1 Å². The van der Waals surface area contributed by atoms with E-state index in [4.69, 9.17) is 0 Å². The zero-order chi connectivity index (χ0) is 16.7. The summed E-state index contributed by atoms with van der Waals surface area (Å²) in [5.41, 5.74) is -0.0862. The maximum atomic E-state index is 13.0. The lowest BCUT2D eigenvalue weighted by Gasteiger charge is -2.31. The Morgan fingerprint density at radius 3 is 2.43 bits per heavy atom. The average Bonchev–Trinajstić information content (AvgIpc) is 2.95. The molecule has 0 N–H and O–H groups in total. The van der Waals surface area contributed by atoms with Crippen LogP contribution < -0.4 is 0 Å². The fourth-order valence-electron chi connectivity index (χ4n) is 4.91. The molecule has 4 rings (SSSR count). The van der Waals surface area contributed by atoms with Crippen LogP contribution in [0.1, 0.15) is 33.1 Å². The van der Waals surface area contributed by atoms with Crippen molar-refractivity contribution in [3.63, 3.8) is 0 Å². The third kappa shape index (κ3) is 1.70. The zero-order valence-corrected chi connectivity index (χ0v) is 14.8. The van der Waals surface area contributed by atoms with Gasteiger partial charge >= 0.3 is 20.0 Å². The third-order valence-electron chi connectivity index (χ3n) is 6.33. The SMILES string of the molecule is CC1(C)[C@@H]2CC[C@]13CS(=O)(=O)[N+](S(=O)(=O)c1ccccc1)=C3C2. The summed E-state index contributed by atoms with van der Waals surface area (Å²) < 4.78 is 52.4. The second kappa shape index (κ2) is 4.25. The molecule has 124 valence electrons. The molecular weight excluding hydrogens is 334 g/mol. The van der Waals surface area contributed by atoms with Crippen molar-refractivity contribution in [1.82, 2.24) is 0 Å². The van der Waals surface area contributed by atoms with E-state index >= 15 is 0 Å². The summed E-state index contributed by atoms with van der Waals surface area (Å²) in [6.07, 6.45) is 2.31. The van der Waals surface area contributed by atoms with Crippen molar-refractivity contribution < 1.29 is 20.2 Å². The van der Waals surface area contributed by atoms with Gasteiger partial charge in [-0.15, -0.1) is 0 Å². The van der Waals surface area contributed by atoms with Crippen molar-refractivity contribution in [3.8, 4) is 0 Å². The number of nitrogens with zero attached hydrogens (tertiary/aromatic N) is 1. The van der Waals surface area contributed by atoms with E-state index in [9.17, 15) is 16.8 Å². The van der Waals surface area contributed by atoms with E-state index < -0.39 is 25.5 Å². The Morgan fingerprint density at radius 2 is 1.83 bits per heavy atom. The van der Waals surface area contributed by atoms with Crippen LogP contribution in [0.5, 0.6) is 0 Å². The maximum absolute atomic E-state index is 13.0. The Labute approximate surface area is 137 Å². The van der Waals surface area contributed by atoms with Crippen molar-refractivity contribution in [2.75, 3.05) is 5.75 Å². The van der Waals surface area contributed by atoms with E-state index in [0.29, 0.717) is 18.1 Å². The van der Waals surface area contributed by atoms with Crippen LogP contribution in [0.4, 0.5) is 0 Å². The Balaban J connectivity index is 2.01. The number of hydrogen-bond acceptors (Lipinski definition) is 4. The van der Waals surface area contributed by atoms with Gasteiger partial charge in [0.15, 0.2) is 5.71 Å². The minimum atomic E-state index is -4.07. The van der Waals surface area contributed by atoms with Crippen LogP contribution in [0.3, 0.4) is 0 Å². The van der Waals surface area contributed by atoms with Crippen molar-refractivity contribution in [1.29, 1.82) is 0 Å². The molecule has 7 heteroatoms. The number of sulfonamides is 2. The van der Waals surface area contributed by atoms with Gasteiger partial charge in [0.2, 0.25) is 0 Å². The lowest BCUT2D eigenvalue weighted by atomic mass is 9.70. The van der Waals surface area contributed by atoms with Crippen LogP contribution in [0.25, 0.3) is 0 Å². The first-order valence-electron chi connectivity index (χ1n) is 7.82. The highest BCUT2D eigenvalue weighted by Crippen LogP contribution is 2.66. The van der Waals surface area contributed by atoms with Crippen LogP contribution in [0, 0.1) is 16.7 Å². The fourth-order valence-corrected chi connectivity index (χ4v) is 9.76. The Bertz CT molecular complexity index is 930. The predicted octanol–water partition coefficient (Wildman–Crippen LogP) is 2.00.